The monoisotopic (exact) mass is 499 g/mol. The molecule has 1 amide bonds. The maximum Gasteiger partial charge on any atom is 0.247 e. The van der Waals surface area contributed by atoms with Gasteiger partial charge >= 0.3 is 0 Å². The topological polar surface area (TPSA) is 88.2 Å². The van der Waals surface area contributed by atoms with Gasteiger partial charge in [-0.2, -0.15) is 0 Å². The number of hydrogen-bond donors (Lipinski definition) is 3. The summed E-state index contributed by atoms with van der Waals surface area (Å²) in [5, 5.41) is 9.76. The molecule has 2 heterocycles. The molecule has 0 atom stereocenters. The Morgan fingerprint density at radius 3 is 2.81 bits per heavy atom. The molecule has 166 valence electrons. The van der Waals surface area contributed by atoms with Crippen molar-refractivity contribution in [3.63, 3.8) is 0 Å². The van der Waals surface area contributed by atoms with Crippen LogP contribution in [0.25, 0.3) is 10.9 Å². The smallest absolute Gasteiger partial charge is 0.247 e. The average molecular weight is 500 g/mol. The fourth-order valence-electron chi connectivity index (χ4n) is 3.56. The molecule has 0 unspecified atom stereocenters. The average Bonchev–Trinajstić information content (AvgIpc) is 2.80. The van der Waals surface area contributed by atoms with Crippen molar-refractivity contribution >= 4 is 49.9 Å². The number of nitrogens with one attached hydrogen (secondary N) is 3. The molecule has 1 aliphatic rings. The van der Waals surface area contributed by atoms with Crippen LogP contribution in [-0.4, -0.2) is 35.6 Å². The highest BCUT2D eigenvalue weighted by atomic mass is 79.9. The van der Waals surface area contributed by atoms with Crippen LogP contribution in [0.15, 0.2) is 53.8 Å². The molecule has 1 aromatic heterocycles. The van der Waals surface area contributed by atoms with Gasteiger partial charge in [0.15, 0.2) is 0 Å². The Bertz CT molecular complexity index is 1150. The number of hydrogen-bond acceptors (Lipinski definition) is 6. The Labute approximate surface area is 193 Å². The Kier molecular flexibility index (Phi) is 6.96. The number of nitrogens with zero attached hydrogens (tertiary/aromatic N) is 2. The Balaban J connectivity index is 1.68. The van der Waals surface area contributed by atoms with Crippen molar-refractivity contribution in [2.24, 2.45) is 5.92 Å². The van der Waals surface area contributed by atoms with Crippen molar-refractivity contribution in [2.75, 3.05) is 30.3 Å². The molecule has 32 heavy (non-hydrogen) atoms. The van der Waals surface area contributed by atoms with Crippen LogP contribution in [-0.2, 0) is 4.79 Å². The van der Waals surface area contributed by atoms with Gasteiger partial charge in [-0.25, -0.2) is 14.4 Å². The zero-order valence-electron chi connectivity index (χ0n) is 17.3. The minimum Gasteiger partial charge on any atom is -0.491 e. The van der Waals surface area contributed by atoms with Gasteiger partial charge in [0.2, 0.25) is 5.91 Å². The van der Waals surface area contributed by atoms with Gasteiger partial charge < -0.3 is 20.7 Å². The summed E-state index contributed by atoms with van der Waals surface area (Å²) in [5.74, 6) is 0.591. The molecule has 1 aliphatic heterocycles. The molecule has 0 radical (unpaired) electrons. The first-order valence-corrected chi connectivity index (χ1v) is 11.1. The fourth-order valence-corrected chi connectivity index (χ4v) is 3.89. The molecule has 3 N–H and O–H groups in total. The molecule has 7 nitrogen and oxygen atoms in total. The summed E-state index contributed by atoms with van der Waals surface area (Å²) in [6, 6.07) is 8.21. The normalized spacial score (nSPS) is 14.2. The Morgan fingerprint density at radius 1 is 1.25 bits per heavy atom. The van der Waals surface area contributed by atoms with Crippen LogP contribution in [0.3, 0.4) is 0 Å². The minimum atomic E-state index is -0.423. The van der Waals surface area contributed by atoms with Crippen LogP contribution < -0.4 is 20.7 Å². The van der Waals surface area contributed by atoms with Crippen LogP contribution in [0.5, 0.6) is 5.75 Å². The molecule has 9 heteroatoms. The third kappa shape index (κ3) is 5.23. The maximum absolute atomic E-state index is 14.3. The summed E-state index contributed by atoms with van der Waals surface area (Å²) >= 11 is 3.25. The number of piperidine rings is 1. The van der Waals surface area contributed by atoms with Crippen LogP contribution in [0.4, 0.5) is 21.6 Å². The molecule has 1 fully saturated rings. The Hall–Kier alpha value is -3.04. The van der Waals surface area contributed by atoms with E-state index in [1.165, 1.54) is 18.5 Å². The van der Waals surface area contributed by atoms with Gasteiger partial charge in [0.25, 0.3) is 0 Å². The Morgan fingerprint density at radius 2 is 2.06 bits per heavy atom. The SMILES string of the molecule is C=CC(=O)Nc1cc2c(Nc3ccc(Br)cc3F)ncnc2cc1OCC1CCNCC1. The van der Waals surface area contributed by atoms with Crippen LogP contribution >= 0.6 is 15.9 Å². The summed E-state index contributed by atoms with van der Waals surface area (Å²) < 4.78 is 21.1. The van der Waals surface area contributed by atoms with Crippen molar-refractivity contribution < 1.29 is 13.9 Å². The first-order chi connectivity index (χ1) is 15.5. The van der Waals surface area contributed by atoms with E-state index in [1.807, 2.05) is 0 Å². The second-order valence-corrected chi connectivity index (χ2v) is 8.45. The first-order valence-electron chi connectivity index (χ1n) is 10.3. The summed E-state index contributed by atoms with van der Waals surface area (Å²) in [6.45, 7) is 6.01. The van der Waals surface area contributed by atoms with Gasteiger partial charge in [-0.05, 0) is 62.2 Å². The summed E-state index contributed by atoms with van der Waals surface area (Å²) in [6.07, 6.45) is 4.67. The number of carbonyl (C=O) groups excluding carboxylic acids is 1. The molecule has 0 aliphatic carbocycles. The van der Waals surface area contributed by atoms with E-state index in [0.717, 1.165) is 25.9 Å². The molecule has 1 saturated heterocycles. The van der Waals surface area contributed by atoms with E-state index in [0.29, 0.717) is 45.2 Å². The van der Waals surface area contributed by atoms with E-state index in [9.17, 15) is 9.18 Å². The second-order valence-electron chi connectivity index (χ2n) is 7.53. The van der Waals surface area contributed by atoms with Crippen LogP contribution in [0.2, 0.25) is 0 Å². The third-order valence-electron chi connectivity index (χ3n) is 5.30. The maximum atomic E-state index is 14.3. The van der Waals surface area contributed by atoms with Gasteiger partial charge in [-0.1, -0.05) is 22.5 Å². The lowest BCUT2D eigenvalue weighted by atomic mass is 9.99. The first kappa shape index (κ1) is 22.2. The van der Waals surface area contributed by atoms with Gasteiger partial charge in [0.05, 0.1) is 23.5 Å². The molecule has 0 spiro atoms. The van der Waals surface area contributed by atoms with Crippen molar-refractivity contribution in [3.05, 3.63) is 59.6 Å². The lowest BCUT2D eigenvalue weighted by molar-refractivity contribution is -0.111. The number of halogens is 2. The number of ether oxygens (including phenoxy) is 1. The highest BCUT2D eigenvalue weighted by Gasteiger charge is 2.17. The highest BCUT2D eigenvalue weighted by molar-refractivity contribution is 9.10. The largest absolute Gasteiger partial charge is 0.491 e. The van der Waals surface area contributed by atoms with Gasteiger partial charge in [-0.15, -0.1) is 0 Å². The standard InChI is InChI=1S/C23H23BrFN5O2/c1-2-22(31)29-20-10-16-19(11-21(20)32-12-14-5-7-26-8-6-14)27-13-28-23(16)30-18-4-3-15(24)9-17(18)25/h2-4,9-11,13-14,26H,1,5-8,12H2,(H,29,31)(H,27,28,30). The fraction of sp³-hybridized carbons (Fsp3) is 0.261. The second kappa shape index (κ2) is 10.1. The van der Waals surface area contributed by atoms with Crippen LogP contribution in [0, 0.1) is 11.7 Å². The zero-order valence-corrected chi connectivity index (χ0v) is 18.9. The molecular weight excluding hydrogens is 477 g/mol. The number of rotatable bonds is 7. The lowest BCUT2D eigenvalue weighted by Crippen LogP contribution is -2.30. The van der Waals surface area contributed by atoms with Crippen molar-refractivity contribution in [1.82, 2.24) is 15.3 Å². The van der Waals surface area contributed by atoms with E-state index < -0.39 is 5.82 Å². The van der Waals surface area contributed by atoms with Gasteiger partial charge in [0.1, 0.15) is 23.7 Å². The molecule has 4 rings (SSSR count). The zero-order chi connectivity index (χ0) is 22.5. The van der Waals surface area contributed by atoms with E-state index >= 15 is 0 Å². The van der Waals surface area contributed by atoms with Crippen LogP contribution in [0.1, 0.15) is 12.8 Å². The summed E-state index contributed by atoms with van der Waals surface area (Å²) in [4.78, 5) is 20.6. The number of anilines is 3. The van der Waals surface area contributed by atoms with E-state index in [2.05, 4.69) is 48.4 Å². The van der Waals surface area contributed by atoms with Gasteiger partial charge in [-0.3, -0.25) is 4.79 Å². The summed E-state index contributed by atoms with van der Waals surface area (Å²) in [7, 11) is 0. The minimum absolute atomic E-state index is 0.274. The number of carbonyl (C=O) groups is 1. The molecular formula is C23H23BrFN5O2. The molecule has 0 bridgehead atoms. The summed E-state index contributed by atoms with van der Waals surface area (Å²) in [5.41, 5.74) is 1.36. The molecule has 2 aromatic carbocycles. The quantitative estimate of drug-likeness (QED) is 0.405. The number of aromatic nitrogens is 2. The van der Waals surface area contributed by atoms with Crippen molar-refractivity contribution in [2.45, 2.75) is 12.8 Å². The van der Waals surface area contributed by atoms with Crippen molar-refractivity contribution in [1.29, 1.82) is 0 Å². The number of amides is 1. The van der Waals surface area contributed by atoms with E-state index in [-0.39, 0.29) is 11.6 Å². The third-order valence-corrected chi connectivity index (χ3v) is 5.79. The predicted molar refractivity (Wildman–Crippen MR) is 127 cm³/mol. The predicted octanol–water partition coefficient (Wildman–Crippen LogP) is 4.78. The van der Waals surface area contributed by atoms with Crippen molar-refractivity contribution in [3.8, 4) is 5.75 Å². The lowest BCUT2D eigenvalue weighted by Gasteiger charge is -2.23. The molecule has 3 aromatic rings. The van der Waals surface area contributed by atoms with E-state index in [4.69, 9.17) is 4.74 Å². The number of fused-ring (bicyclic) bond motifs is 1. The van der Waals surface area contributed by atoms with E-state index in [1.54, 1.807) is 24.3 Å². The number of benzene rings is 2. The molecule has 0 saturated carbocycles. The van der Waals surface area contributed by atoms with Gasteiger partial charge in [0, 0.05) is 15.9 Å². The highest BCUT2D eigenvalue weighted by Crippen LogP contribution is 2.34.